The van der Waals surface area contributed by atoms with Crippen molar-refractivity contribution in [3.63, 3.8) is 0 Å². The van der Waals surface area contributed by atoms with E-state index in [1.807, 2.05) is 0 Å². The summed E-state index contributed by atoms with van der Waals surface area (Å²) < 4.78 is 9.52. The van der Waals surface area contributed by atoms with Gasteiger partial charge < -0.3 is 14.4 Å². The molecule has 0 bridgehead atoms. The number of rotatable bonds is 5. The largest absolute Gasteiger partial charge is 0.468 e. The van der Waals surface area contributed by atoms with Gasteiger partial charge in [-0.1, -0.05) is 11.6 Å². The van der Waals surface area contributed by atoms with Crippen molar-refractivity contribution in [3.05, 3.63) is 27.5 Å². The van der Waals surface area contributed by atoms with Crippen molar-refractivity contribution in [2.24, 2.45) is 0 Å². The highest BCUT2D eigenvalue weighted by atomic mass is 79.9. The van der Waals surface area contributed by atoms with Crippen molar-refractivity contribution in [1.82, 2.24) is 9.88 Å². The molecule has 21 heavy (non-hydrogen) atoms. The number of ether oxygens (including phenoxy) is 2. The molecule has 0 aliphatic carbocycles. The summed E-state index contributed by atoms with van der Waals surface area (Å²) in [6.45, 7) is -0.819. The van der Waals surface area contributed by atoms with Gasteiger partial charge in [0.05, 0.1) is 19.8 Å². The zero-order valence-corrected chi connectivity index (χ0v) is 13.6. The van der Waals surface area contributed by atoms with Crippen molar-refractivity contribution in [1.29, 1.82) is 0 Å². The Hall–Kier alpha value is -1.67. The van der Waals surface area contributed by atoms with Crippen LogP contribution in [0.25, 0.3) is 0 Å². The first kappa shape index (κ1) is 17.4. The Morgan fingerprint density at radius 1 is 1.24 bits per heavy atom. The maximum absolute atomic E-state index is 12.4. The van der Waals surface area contributed by atoms with E-state index in [1.54, 1.807) is 0 Å². The molecule has 1 rings (SSSR count). The summed E-state index contributed by atoms with van der Waals surface area (Å²) in [6, 6.07) is 1.44. The van der Waals surface area contributed by atoms with Crippen LogP contribution in [0.15, 0.2) is 16.7 Å². The molecule has 7 nitrogen and oxygen atoms in total. The molecule has 0 atom stereocenters. The smallest absolute Gasteiger partial charge is 0.325 e. The fourth-order valence-corrected chi connectivity index (χ4v) is 1.90. The molecule has 0 spiro atoms. The van der Waals surface area contributed by atoms with Crippen LogP contribution in [0.3, 0.4) is 0 Å². The Morgan fingerprint density at radius 3 is 2.24 bits per heavy atom. The quantitative estimate of drug-likeness (QED) is 0.566. The summed E-state index contributed by atoms with van der Waals surface area (Å²) in [7, 11) is 2.35. The second kappa shape index (κ2) is 7.94. The monoisotopic (exact) mass is 378 g/mol. The molecule has 0 saturated carbocycles. The number of pyridine rings is 1. The molecule has 0 aromatic carbocycles. The van der Waals surface area contributed by atoms with Gasteiger partial charge in [-0.05, 0) is 22.0 Å². The topological polar surface area (TPSA) is 85.8 Å². The Labute approximate surface area is 134 Å². The van der Waals surface area contributed by atoms with E-state index >= 15 is 0 Å². The minimum Gasteiger partial charge on any atom is -0.468 e. The summed E-state index contributed by atoms with van der Waals surface area (Å²) in [6.07, 6.45) is 1.42. The minimum atomic E-state index is -0.675. The van der Waals surface area contributed by atoms with E-state index in [1.165, 1.54) is 26.5 Å². The van der Waals surface area contributed by atoms with Crippen molar-refractivity contribution < 1.29 is 23.9 Å². The molecular weight excluding hydrogens is 367 g/mol. The summed E-state index contributed by atoms with van der Waals surface area (Å²) in [4.78, 5) is 39.9. The SMILES string of the molecule is COC(=O)CN(CC(=O)OC)C(=O)c1cc(Br)cnc1Cl. The van der Waals surface area contributed by atoms with Gasteiger partial charge >= 0.3 is 11.9 Å². The van der Waals surface area contributed by atoms with Crippen LogP contribution < -0.4 is 0 Å². The first-order chi connectivity index (χ1) is 9.88. The fourth-order valence-electron chi connectivity index (χ4n) is 1.38. The van der Waals surface area contributed by atoms with Crippen molar-refractivity contribution in [2.45, 2.75) is 0 Å². The third kappa shape index (κ3) is 4.98. The van der Waals surface area contributed by atoms with Crippen LogP contribution in [-0.2, 0) is 19.1 Å². The molecule has 1 aromatic heterocycles. The third-order valence-corrected chi connectivity index (χ3v) is 3.15. The van der Waals surface area contributed by atoms with Gasteiger partial charge in [0, 0.05) is 10.7 Å². The highest BCUT2D eigenvalue weighted by Crippen LogP contribution is 2.19. The average molecular weight is 380 g/mol. The van der Waals surface area contributed by atoms with Gasteiger partial charge in [-0.25, -0.2) is 4.98 Å². The molecule has 1 amide bonds. The van der Waals surface area contributed by atoms with Gasteiger partial charge in [-0.3, -0.25) is 14.4 Å². The van der Waals surface area contributed by atoms with Crippen molar-refractivity contribution >= 4 is 45.4 Å². The van der Waals surface area contributed by atoms with Crippen molar-refractivity contribution in [3.8, 4) is 0 Å². The molecule has 114 valence electrons. The second-order valence-corrected chi connectivity index (χ2v) is 5.08. The van der Waals surface area contributed by atoms with E-state index in [-0.39, 0.29) is 10.7 Å². The standard InChI is InChI=1S/C12H12BrClN2O5/c1-20-9(17)5-16(6-10(18)21-2)12(19)8-3-7(13)4-15-11(8)14/h3-4H,5-6H2,1-2H3. The van der Waals surface area contributed by atoms with E-state index in [0.29, 0.717) is 4.47 Å². The number of hydrogen-bond donors (Lipinski definition) is 0. The van der Waals surface area contributed by atoms with Crippen LogP contribution in [0.5, 0.6) is 0 Å². The van der Waals surface area contributed by atoms with E-state index < -0.39 is 30.9 Å². The van der Waals surface area contributed by atoms with Gasteiger partial charge in [-0.15, -0.1) is 0 Å². The van der Waals surface area contributed by atoms with Crippen LogP contribution >= 0.6 is 27.5 Å². The van der Waals surface area contributed by atoms with E-state index in [9.17, 15) is 14.4 Å². The number of methoxy groups -OCH3 is 2. The minimum absolute atomic E-state index is 0.0390. The highest BCUT2D eigenvalue weighted by molar-refractivity contribution is 9.10. The molecule has 0 aliphatic rings. The first-order valence-electron chi connectivity index (χ1n) is 5.63. The molecule has 0 unspecified atom stereocenters. The van der Waals surface area contributed by atoms with Crippen LogP contribution in [0.4, 0.5) is 0 Å². The zero-order valence-electron chi connectivity index (χ0n) is 11.3. The molecule has 1 heterocycles. The third-order valence-electron chi connectivity index (χ3n) is 2.42. The zero-order chi connectivity index (χ0) is 16.0. The Balaban J connectivity index is 3.05. The van der Waals surface area contributed by atoms with Crippen LogP contribution in [0, 0.1) is 0 Å². The number of hydrogen-bond acceptors (Lipinski definition) is 6. The molecule has 0 saturated heterocycles. The van der Waals surface area contributed by atoms with E-state index in [0.717, 1.165) is 4.90 Å². The molecule has 0 radical (unpaired) electrons. The number of carbonyl (C=O) groups excluding carboxylic acids is 3. The number of esters is 2. The van der Waals surface area contributed by atoms with Gasteiger partial charge in [0.15, 0.2) is 0 Å². The molecule has 0 N–H and O–H groups in total. The Kier molecular flexibility index (Phi) is 6.57. The molecular formula is C12H12BrClN2O5. The van der Waals surface area contributed by atoms with Gasteiger partial charge in [-0.2, -0.15) is 0 Å². The molecule has 9 heteroatoms. The number of aromatic nitrogens is 1. The van der Waals surface area contributed by atoms with Gasteiger partial charge in [0.1, 0.15) is 18.2 Å². The van der Waals surface area contributed by atoms with Crippen LogP contribution in [0.2, 0.25) is 5.15 Å². The number of nitrogens with zero attached hydrogens (tertiary/aromatic N) is 2. The van der Waals surface area contributed by atoms with Crippen LogP contribution in [0.1, 0.15) is 10.4 Å². The first-order valence-corrected chi connectivity index (χ1v) is 6.80. The Morgan fingerprint density at radius 2 is 1.76 bits per heavy atom. The van der Waals surface area contributed by atoms with Gasteiger partial charge in [0.2, 0.25) is 0 Å². The summed E-state index contributed by atoms with van der Waals surface area (Å²) >= 11 is 9.03. The summed E-state index contributed by atoms with van der Waals surface area (Å²) in [5, 5.41) is -0.0390. The lowest BCUT2D eigenvalue weighted by Gasteiger charge is -2.20. The lowest BCUT2D eigenvalue weighted by molar-refractivity contribution is -0.144. The van der Waals surface area contributed by atoms with Gasteiger partial charge in [0.25, 0.3) is 5.91 Å². The number of halogens is 2. The lowest BCUT2D eigenvalue weighted by Crippen LogP contribution is -2.40. The number of amides is 1. The molecule has 0 fully saturated rings. The maximum Gasteiger partial charge on any atom is 0.325 e. The average Bonchev–Trinajstić information content (AvgIpc) is 2.47. The Bertz CT molecular complexity index is 549. The van der Waals surface area contributed by atoms with E-state index in [4.69, 9.17) is 11.6 Å². The normalized spacial score (nSPS) is 9.90. The second-order valence-electron chi connectivity index (χ2n) is 3.81. The van der Waals surface area contributed by atoms with Crippen molar-refractivity contribution in [2.75, 3.05) is 27.3 Å². The fraction of sp³-hybridized carbons (Fsp3) is 0.333. The summed E-state index contributed by atoms with van der Waals surface area (Å²) in [5.74, 6) is -1.98. The molecule has 0 aliphatic heterocycles. The maximum atomic E-state index is 12.4. The summed E-state index contributed by atoms with van der Waals surface area (Å²) in [5.41, 5.74) is 0.0545. The van der Waals surface area contributed by atoms with E-state index in [2.05, 4.69) is 30.4 Å². The lowest BCUT2D eigenvalue weighted by atomic mass is 10.2. The highest BCUT2D eigenvalue weighted by Gasteiger charge is 2.24. The number of carbonyl (C=O) groups is 3. The molecule has 1 aromatic rings. The predicted octanol–water partition coefficient (Wildman–Crippen LogP) is 1.29. The predicted molar refractivity (Wildman–Crippen MR) is 76.9 cm³/mol. The van der Waals surface area contributed by atoms with Crippen LogP contribution in [-0.4, -0.2) is 55.0 Å².